The number of carbonyl (C=O) groups is 1. The van der Waals surface area contributed by atoms with Gasteiger partial charge in [0, 0.05) is 44.7 Å². The van der Waals surface area contributed by atoms with Gasteiger partial charge in [-0.25, -0.2) is 8.78 Å². The molecule has 1 atom stereocenters. The first-order valence-corrected chi connectivity index (χ1v) is 8.80. The van der Waals surface area contributed by atoms with Crippen LogP contribution in [-0.4, -0.2) is 49.0 Å². The second kappa shape index (κ2) is 11.3. The van der Waals surface area contributed by atoms with Gasteiger partial charge < -0.3 is 15.5 Å². The highest BCUT2D eigenvalue weighted by Crippen LogP contribution is 2.11. The molecule has 2 N–H and O–H groups in total. The number of aliphatic imine (C=N–C) groups is 1. The number of hydrogen-bond acceptors (Lipinski definition) is 2. The molecule has 1 saturated heterocycles. The maximum absolute atomic E-state index is 13.6. The SMILES string of the molecule is CCNC(=NCCc1ccc(F)cc1F)NC1CCN(C(=O)CC)C1.I. The number of nitrogens with zero attached hydrogens (tertiary/aromatic N) is 2. The minimum Gasteiger partial charge on any atom is -0.357 e. The number of carbonyl (C=O) groups excluding carboxylic acids is 1. The summed E-state index contributed by atoms with van der Waals surface area (Å²) >= 11 is 0. The van der Waals surface area contributed by atoms with Gasteiger partial charge in [0.15, 0.2) is 5.96 Å². The summed E-state index contributed by atoms with van der Waals surface area (Å²) in [5.41, 5.74) is 0.446. The average Bonchev–Trinajstić information content (AvgIpc) is 3.05. The van der Waals surface area contributed by atoms with E-state index in [1.165, 1.54) is 12.1 Å². The van der Waals surface area contributed by atoms with Gasteiger partial charge in [-0.05, 0) is 31.4 Å². The van der Waals surface area contributed by atoms with Crippen molar-refractivity contribution in [3.63, 3.8) is 0 Å². The van der Waals surface area contributed by atoms with Crippen molar-refractivity contribution in [2.24, 2.45) is 4.99 Å². The molecule has 1 aliphatic heterocycles. The zero-order valence-corrected chi connectivity index (χ0v) is 17.6. The lowest BCUT2D eigenvalue weighted by atomic mass is 10.1. The number of hydrogen-bond donors (Lipinski definition) is 2. The Morgan fingerprint density at radius 3 is 2.77 bits per heavy atom. The van der Waals surface area contributed by atoms with Crippen LogP contribution in [0, 0.1) is 11.6 Å². The van der Waals surface area contributed by atoms with E-state index in [1.807, 2.05) is 18.7 Å². The summed E-state index contributed by atoms with van der Waals surface area (Å²) < 4.78 is 26.6. The third kappa shape index (κ3) is 6.69. The van der Waals surface area contributed by atoms with Crippen molar-refractivity contribution in [3.05, 3.63) is 35.4 Å². The monoisotopic (exact) mass is 480 g/mol. The van der Waals surface area contributed by atoms with Gasteiger partial charge in [0.05, 0.1) is 0 Å². The Hall–Kier alpha value is -1.45. The molecule has 1 aliphatic rings. The number of guanidine groups is 1. The van der Waals surface area contributed by atoms with Crippen molar-refractivity contribution in [2.45, 2.75) is 39.2 Å². The molecule has 146 valence electrons. The minimum absolute atomic E-state index is 0. The van der Waals surface area contributed by atoms with Crippen molar-refractivity contribution >= 4 is 35.8 Å². The van der Waals surface area contributed by atoms with Crippen molar-refractivity contribution in [3.8, 4) is 0 Å². The van der Waals surface area contributed by atoms with Crippen LogP contribution in [0.2, 0.25) is 0 Å². The average molecular weight is 480 g/mol. The Balaban J connectivity index is 0.00000338. The first-order valence-electron chi connectivity index (χ1n) is 8.80. The van der Waals surface area contributed by atoms with Crippen molar-refractivity contribution in [2.75, 3.05) is 26.2 Å². The fourth-order valence-electron chi connectivity index (χ4n) is 2.85. The molecular formula is C18H27F2IN4O. The maximum atomic E-state index is 13.6. The number of amides is 1. The highest BCUT2D eigenvalue weighted by molar-refractivity contribution is 14.0. The highest BCUT2D eigenvalue weighted by atomic mass is 127. The van der Waals surface area contributed by atoms with Crippen LogP contribution in [0.25, 0.3) is 0 Å². The molecule has 26 heavy (non-hydrogen) atoms. The first kappa shape index (κ1) is 22.6. The van der Waals surface area contributed by atoms with E-state index in [0.29, 0.717) is 44.0 Å². The lowest BCUT2D eigenvalue weighted by Gasteiger charge is -2.18. The molecule has 0 aromatic heterocycles. The van der Waals surface area contributed by atoms with Crippen molar-refractivity contribution < 1.29 is 13.6 Å². The molecule has 0 spiro atoms. The molecular weight excluding hydrogens is 453 g/mol. The smallest absolute Gasteiger partial charge is 0.222 e. The highest BCUT2D eigenvalue weighted by Gasteiger charge is 2.25. The van der Waals surface area contributed by atoms with E-state index in [1.54, 1.807) is 0 Å². The van der Waals surface area contributed by atoms with E-state index in [9.17, 15) is 13.6 Å². The van der Waals surface area contributed by atoms with Gasteiger partial charge in [-0.1, -0.05) is 13.0 Å². The zero-order valence-electron chi connectivity index (χ0n) is 15.2. The predicted octanol–water partition coefficient (Wildman–Crippen LogP) is 2.69. The van der Waals surface area contributed by atoms with E-state index >= 15 is 0 Å². The van der Waals surface area contributed by atoms with E-state index in [0.717, 1.165) is 19.0 Å². The molecule has 2 rings (SSSR count). The maximum Gasteiger partial charge on any atom is 0.222 e. The van der Waals surface area contributed by atoms with Gasteiger partial charge in [0.25, 0.3) is 0 Å². The van der Waals surface area contributed by atoms with Gasteiger partial charge in [-0.2, -0.15) is 0 Å². The Labute approximate surface area is 170 Å². The number of halogens is 3. The quantitative estimate of drug-likeness (QED) is 0.374. The summed E-state index contributed by atoms with van der Waals surface area (Å²) in [6, 6.07) is 3.76. The lowest BCUT2D eigenvalue weighted by Crippen LogP contribution is -2.45. The van der Waals surface area contributed by atoms with E-state index in [-0.39, 0.29) is 35.9 Å². The van der Waals surface area contributed by atoms with Crippen LogP contribution < -0.4 is 10.6 Å². The fourth-order valence-corrected chi connectivity index (χ4v) is 2.85. The molecule has 1 amide bonds. The van der Waals surface area contributed by atoms with Crippen LogP contribution in [0.3, 0.4) is 0 Å². The van der Waals surface area contributed by atoms with E-state index in [2.05, 4.69) is 15.6 Å². The summed E-state index contributed by atoms with van der Waals surface area (Å²) in [4.78, 5) is 18.1. The van der Waals surface area contributed by atoms with Crippen LogP contribution in [0.1, 0.15) is 32.3 Å². The van der Waals surface area contributed by atoms with Gasteiger partial charge in [-0.15, -0.1) is 24.0 Å². The first-order chi connectivity index (χ1) is 12.0. The van der Waals surface area contributed by atoms with Crippen molar-refractivity contribution in [1.82, 2.24) is 15.5 Å². The molecule has 1 fully saturated rings. The molecule has 0 aliphatic carbocycles. The molecule has 1 aromatic carbocycles. The summed E-state index contributed by atoms with van der Waals surface area (Å²) in [7, 11) is 0. The number of benzene rings is 1. The van der Waals surface area contributed by atoms with Crippen LogP contribution >= 0.6 is 24.0 Å². The topological polar surface area (TPSA) is 56.7 Å². The standard InChI is InChI=1S/C18H26F2N4O.HI/c1-3-17(25)24-10-8-15(12-24)23-18(21-4-2)22-9-7-13-5-6-14(19)11-16(13)20;/h5-6,11,15H,3-4,7-10,12H2,1-2H3,(H2,21,22,23);1H. The molecule has 1 unspecified atom stereocenters. The Morgan fingerprint density at radius 1 is 1.35 bits per heavy atom. The van der Waals surface area contributed by atoms with Crippen LogP contribution in [0.5, 0.6) is 0 Å². The predicted molar refractivity (Wildman–Crippen MR) is 110 cm³/mol. The fraction of sp³-hybridized carbons (Fsp3) is 0.556. The van der Waals surface area contributed by atoms with Gasteiger partial charge in [0.1, 0.15) is 11.6 Å². The Bertz CT molecular complexity index is 627. The molecule has 0 radical (unpaired) electrons. The number of nitrogens with one attached hydrogen (secondary N) is 2. The second-order valence-corrected chi connectivity index (χ2v) is 6.07. The van der Waals surface area contributed by atoms with E-state index < -0.39 is 11.6 Å². The second-order valence-electron chi connectivity index (χ2n) is 6.07. The number of likely N-dealkylation sites (tertiary alicyclic amines) is 1. The summed E-state index contributed by atoms with van der Waals surface area (Å²) in [5.74, 6) is -0.302. The summed E-state index contributed by atoms with van der Waals surface area (Å²) in [5, 5.41) is 6.49. The molecule has 1 heterocycles. The van der Waals surface area contributed by atoms with Gasteiger partial charge in [0.2, 0.25) is 5.91 Å². The third-order valence-electron chi connectivity index (χ3n) is 4.19. The molecule has 5 nitrogen and oxygen atoms in total. The normalized spacial score (nSPS) is 17.0. The zero-order chi connectivity index (χ0) is 18.2. The van der Waals surface area contributed by atoms with Gasteiger partial charge >= 0.3 is 0 Å². The molecule has 0 saturated carbocycles. The molecule has 1 aromatic rings. The summed E-state index contributed by atoms with van der Waals surface area (Å²) in [6.07, 6.45) is 1.79. The van der Waals surface area contributed by atoms with E-state index in [4.69, 9.17) is 0 Å². The van der Waals surface area contributed by atoms with Crippen LogP contribution in [0.4, 0.5) is 8.78 Å². The Morgan fingerprint density at radius 2 is 2.12 bits per heavy atom. The lowest BCUT2D eigenvalue weighted by molar-refractivity contribution is -0.129. The van der Waals surface area contributed by atoms with Crippen molar-refractivity contribution in [1.29, 1.82) is 0 Å². The largest absolute Gasteiger partial charge is 0.357 e. The number of rotatable bonds is 6. The molecule has 0 bridgehead atoms. The Kier molecular flexibility index (Phi) is 9.82. The van der Waals surface area contributed by atoms with Gasteiger partial charge in [-0.3, -0.25) is 9.79 Å². The van der Waals surface area contributed by atoms with Crippen LogP contribution in [-0.2, 0) is 11.2 Å². The third-order valence-corrected chi connectivity index (χ3v) is 4.19. The molecule has 8 heteroatoms. The van der Waals surface area contributed by atoms with Crippen LogP contribution in [0.15, 0.2) is 23.2 Å². The minimum atomic E-state index is -0.577. The summed E-state index contributed by atoms with van der Waals surface area (Å²) in [6.45, 7) is 6.36.